The number of aryl methyl sites for hydroxylation is 3. The van der Waals surface area contributed by atoms with Crippen molar-refractivity contribution in [1.82, 2.24) is 9.55 Å². The molecule has 11 heteroatoms. The first-order valence-corrected chi connectivity index (χ1v) is 16.3. The normalized spacial score (nSPS) is 17.1. The van der Waals surface area contributed by atoms with E-state index < -0.39 is 33.4 Å². The Labute approximate surface area is 261 Å². The standard InChI is InChI=1S/C34H35F2N3O5S/c1-3-29(25-5-4-6-28(19-25)38-45(42,43)31-21-39(2)22-37-31)32-30(40)20-34(44-33(32)41,17-15-23-7-11-26(35)12-8-23)18-16-24-9-13-27(36)14-10-24/h4-14,19,21-22,29,32,38H,3,15-18,20H2,1-2H3. The van der Waals surface area contributed by atoms with Crippen molar-refractivity contribution in [2.45, 2.75) is 62.0 Å². The smallest absolute Gasteiger partial charge is 0.317 e. The number of carbonyl (C=O) groups excluding carboxylic acids is 2. The van der Waals surface area contributed by atoms with Crippen LogP contribution in [-0.4, -0.2) is 35.3 Å². The van der Waals surface area contributed by atoms with Gasteiger partial charge in [-0.1, -0.05) is 43.3 Å². The first kappa shape index (κ1) is 32.0. The highest BCUT2D eigenvalue weighted by molar-refractivity contribution is 7.92. The van der Waals surface area contributed by atoms with Gasteiger partial charge in [-0.25, -0.2) is 13.8 Å². The van der Waals surface area contributed by atoms with E-state index in [1.807, 2.05) is 6.92 Å². The molecule has 0 aliphatic carbocycles. The molecule has 0 saturated carbocycles. The number of benzene rings is 3. The number of rotatable bonds is 12. The Balaban J connectivity index is 1.37. The fraction of sp³-hybridized carbons (Fsp3) is 0.324. The monoisotopic (exact) mass is 635 g/mol. The van der Waals surface area contributed by atoms with Crippen LogP contribution in [-0.2, 0) is 44.2 Å². The van der Waals surface area contributed by atoms with Gasteiger partial charge in [-0.05, 0) is 85.2 Å². The largest absolute Gasteiger partial charge is 0.458 e. The Kier molecular flexibility index (Phi) is 9.48. The van der Waals surface area contributed by atoms with Crippen LogP contribution in [0.25, 0.3) is 0 Å². The summed E-state index contributed by atoms with van der Waals surface area (Å²) in [5.74, 6) is -3.21. The van der Waals surface area contributed by atoms with Crippen LogP contribution in [0.1, 0.15) is 55.2 Å². The van der Waals surface area contributed by atoms with E-state index in [1.165, 1.54) is 41.4 Å². The second-order valence-electron chi connectivity index (χ2n) is 11.6. The third-order valence-electron chi connectivity index (χ3n) is 8.35. The summed E-state index contributed by atoms with van der Waals surface area (Å²) in [6, 6.07) is 18.8. The minimum absolute atomic E-state index is 0.00566. The molecule has 2 atom stereocenters. The maximum absolute atomic E-state index is 13.9. The average molecular weight is 636 g/mol. The zero-order valence-electron chi connectivity index (χ0n) is 25.1. The number of halogens is 2. The highest BCUT2D eigenvalue weighted by atomic mass is 32.2. The Hall–Kier alpha value is -4.38. The van der Waals surface area contributed by atoms with E-state index in [1.54, 1.807) is 55.6 Å². The number of ether oxygens (including phenoxy) is 1. The molecule has 1 fully saturated rings. The number of Topliss-reactive ketones (excluding diaryl/α,β-unsaturated/α-hetero) is 1. The van der Waals surface area contributed by atoms with Gasteiger partial charge in [0.05, 0.1) is 6.33 Å². The fourth-order valence-corrected chi connectivity index (χ4v) is 6.98. The second kappa shape index (κ2) is 13.3. The summed E-state index contributed by atoms with van der Waals surface area (Å²) < 4.78 is 62.9. The van der Waals surface area contributed by atoms with Gasteiger partial charge in [-0.15, -0.1) is 0 Å². The lowest BCUT2D eigenvalue weighted by Gasteiger charge is -2.41. The van der Waals surface area contributed by atoms with E-state index in [0.29, 0.717) is 37.7 Å². The van der Waals surface area contributed by atoms with Crippen molar-refractivity contribution in [2.24, 2.45) is 13.0 Å². The number of aromatic nitrogens is 2. The van der Waals surface area contributed by atoms with Crippen molar-refractivity contribution in [3.8, 4) is 0 Å². The van der Waals surface area contributed by atoms with E-state index in [4.69, 9.17) is 4.74 Å². The van der Waals surface area contributed by atoms with E-state index in [9.17, 15) is 26.8 Å². The highest BCUT2D eigenvalue weighted by Crippen LogP contribution is 2.41. The van der Waals surface area contributed by atoms with Crippen molar-refractivity contribution < 1.29 is 31.5 Å². The molecule has 0 spiro atoms. The zero-order chi connectivity index (χ0) is 32.2. The third-order valence-corrected chi connectivity index (χ3v) is 9.61. The minimum Gasteiger partial charge on any atom is -0.458 e. The summed E-state index contributed by atoms with van der Waals surface area (Å²) in [5, 5.41) is -0.133. The van der Waals surface area contributed by atoms with E-state index >= 15 is 0 Å². The van der Waals surface area contributed by atoms with Crippen LogP contribution in [0.15, 0.2) is 90.3 Å². The number of esters is 1. The Morgan fingerprint density at radius 2 is 1.58 bits per heavy atom. The van der Waals surface area contributed by atoms with Gasteiger partial charge in [-0.3, -0.25) is 14.3 Å². The fourth-order valence-electron chi connectivity index (χ4n) is 5.94. The Bertz CT molecular complexity index is 1700. The highest BCUT2D eigenvalue weighted by Gasteiger charge is 2.49. The summed E-state index contributed by atoms with van der Waals surface area (Å²) in [5.41, 5.74) is 1.51. The number of carbonyl (C=O) groups is 2. The molecular formula is C34H35F2N3O5S. The first-order chi connectivity index (χ1) is 21.5. The number of anilines is 1. The molecule has 1 aliphatic rings. The molecule has 2 heterocycles. The zero-order valence-corrected chi connectivity index (χ0v) is 25.9. The van der Waals surface area contributed by atoms with E-state index in [0.717, 1.165) is 11.1 Å². The number of nitrogens with one attached hydrogen (secondary N) is 1. The number of imidazole rings is 1. The van der Waals surface area contributed by atoms with Crippen molar-refractivity contribution in [2.75, 3.05) is 4.72 Å². The van der Waals surface area contributed by atoms with Crippen LogP contribution in [0.4, 0.5) is 14.5 Å². The first-order valence-electron chi connectivity index (χ1n) is 14.8. The van der Waals surface area contributed by atoms with Gasteiger partial charge in [0.1, 0.15) is 23.2 Å². The van der Waals surface area contributed by atoms with Crippen molar-refractivity contribution in [3.05, 3.63) is 114 Å². The third kappa shape index (κ3) is 7.65. The van der Waals surface area contributed by atoms with Crippen LogP contribution in [0.3, 0.4) is 0 Å². The Morgan fingerprint density at radius 1 is 0.978 bits per heavy atom. The predicted octanol–water partition coefficient (Wildman–Crippen LogP) is 6.13. The lowest BCUT2D eigenvalue weighted by atomic mass is 9.74. The van der Waals surface area contributed by atoms with Gasteiger partial charge in [0, 0.05) is 31.3 Å². The lowest BCUT2D eigenvalue weighted by molar-refractivity contribution is -0.180. The van der Waals surface area contributed by atoms with Gasteiger partial charge < -0.3 is 9.30 Å². The summed E-state index contributed by atoms with van der Waals surface area (Å²) in [6.45, 7) is 1.86. The molecule has 45 heavy (non-hydrogen) atoms. The molecule has 236 valence electrons. The molecule has 1 N–H and O–H groups in total. The second-order valence-corrected chi connectivity index (χ2v) is 13.2. The topological polar surface area (TPSA) is 107 Å². The molecule has 2 unspecified atom stereocenters. The Morgan fingerprint density at radius 3 is 2.09 bits per heavy atom. The number of cyclic esters (lactones) is 1. The van der Waals surface area contributed by atoms with Crippen molar-refractivity contribution in [3.63, 3.8) is 0 Å². The van der Waals surface area contributed by atoms with Gasteiger partial charge in [0.15, 0.2) is 10.8 Å². The molecule has 1 aromatic heterocycles. The lowest BCUT2D eigenvalue weighted by Crippen LogP contribution is -2.49. The summed E-state index contributed by atoms with van der Waals surface area (Å²) >= 11 is 0. The maximum atomic E-state index is 13.9. The number of sulfonamides is 1. The molecular weight excluding hydrogens is 600 g/mol. The van der Waals surface area contributed by atoms with Crippen LogP contribution in [0.2, 0.25) is 0 Å². The van der Waals surface area contributed by atoms with Crippen LogP contribution in [0.5, 0.6) is 0 Å². The van der Waals surface area contributed by atoms with Gasteiger partial charge in [0.25, 0.3) is 10.0 Å². The summed E-state index contributed by atoms with van der Waals surface area (Å²) in [6.07, 6.45) is 4.83. The number of ketones is 1. The molecule has 1 aliphatic heterocycles. The van der Waals surface area contributed by atoms with E-state index in [-0.39, 0.29) is 34.6 Å². The number of nitrogens with zero attached hydrogens (tertiary/aromatic N) is 2. The SMILES string of the molecule is CCC(c1cccc(NS(=O)(=O)c2cn(C)cn2)c1)C1C(=O)CC(CCc2ccc(F)cc2)(CCc2ccc(F)cc2)OC1=O. The van der Waals surface area contributed by atoms with Gasteiger partial charge >= 0.3 is 5.97 Å². The molecule has 0 bridgehead atoms. The minimum atomic E-state index is -3.95. The van der Waals surface area contributed by atoms with Gasteiger partial charge in [-0.2, -0.15) is 8.42 Å². The summed E-state index contributed by atoms with van der Waals surface area (Å²) in [7, 11) is -2.28. The van der Waals surface area contributed by atoms with Crippen molar-refractivity contribution >= 4 is 27.5 Å². The van der Waals surface area contributed by atoms with Gasteiger partial charge in [0.2, 0.25) is 0 Å². The molecule has 3 aromatic carbocycles. The average Bonchev–Trinajstić information content (AvgIpc) is 3.46. The molecule has 4 aromatic rings. The van der Waals surface area contributed by atoms with Crippen LogP contribution < -0.4 is 4.72 Å². The quantitative estimate of drug-likeness (QED) is 0.148. The molecule has 0 radical (unpaired) electrons. The molecule has 0 amide bonds. The molecule has 5 rings (SSSR count). The van der Waals surface area contributed by atoms with Crippen LogP contribution in [0, 0.1) is 17.6 Å². The maximum Gasteiger partial charge on any atom is 0.317 e. The molecule has 8 nitrogen and oxygen atoms in total. The predicted molar refractivity (Wildman–Crippen MR) is 165 cm³/mol. The summed E-state index contributed by atoms with van der Waals surface area (Å²) in [4.78, 5) is 31.5. The number of hydrogen-bond acceptors (Lipinski definition) is 6. The van der Waals surface area contributed by atoms with Crippen molar-refractivity contribution in [1.29, 1.82) is 0 Å². The number of hydrogen-bond donors (Lipinski definition) is 1. The van der Waals surface area contributed by atoms with E-state index in [2.05, 4.69) is 9.71 Å². The van der Waals surface area contributed by atoms with Crippen LogP contribution >= 0.6 is 0 Å². The molecule has 1 saturated heterocycles.